The highest BCUT2D eigenvalue weighted by atomic mass is 32.2. The molecule has 13 heteroatoms. The number of hydrogen-bond donors (Lipinski definition) is 1. The first-order chi connectivity index (χ1) is 18.0. The molecule has 0 saturated carbocycles. The number of ether oxygens (including phenoxy) is 4. The number of nitrogens with one attached hydrogen (secondary N) is 1. The quantitative estimate of drug-likeness (QED) is 0.363. The number of thioether (sulfide) groups is 1. The van der Waals surface area contributed by atoms with Crippen molar-refractivity contribution in [2.75, 3.05) is 6.61 Å². The normalized spacial score (nSPS) is 23.0. The van der Waals surface area contributed by atoms with E-state index in [1.807, 2.05) is 48.7 Å². The van der Waals surface area contributed by atoms with Crippen LogP contribution >= 0.6 is 11.8 Å². The average molecular weight is 549 g/mol. The number of carbonyl (C=O) groups excluding carboxylic acids is 4. The second kappa shape index (κ2) is 12.9. The predicted octanol–water partition coefficient (Wildman–Crippen LogP) is 2.27. The van der Waals surface area contributed by atoms with Gasteiger partial charge in [0.25, 0.3) is 0 Å². The summed E-state index contributed by atoms with van der Waals surface area (Å²) in [5.74, 6) is -1.67. The Hall–Kier alpha value is -3.45. The molecule has 38 heavy (non-hydrogen) atoms. The summed E-state index contributed by atoms with van der Waals surface area (Å²) in [4.78, 5) is 47.8. The predicted molar refractivity (Wildman–Crippen MR) is 136 cm³/mol. The number of carbonyl (C=O) groups is 4. The number of nitrogens with zero attached hydrogens (tertiary/aromatic N) is 3. The molecule has 1 aliphatic heterocycles. The lowest BCUT2D eigenvalue weighted by molar-refractivity contribution is -0.211. The van der Waals surface area contributed by atoms with Crippen molar-refractivity contribution >= 4 is 35.6 Å². The van der Waals surface area contributed by atoms with Crippen molar-refractivity contribution in [2.24, 2.45) is 0 Å². The van der Waals surface area contributed by atoms with Gasteiger partial charge in [-0.2, -0.15) is 0 Å². The first kappa shape index (κ1) is 29.1. The second-order valence-electron chi connectivity index (χ2n) is 8.97. The standard InChI is InChI=1S/C25H32N4O8S/c1-13(2)29-23(18-10-8-7-9-11-18)27-28-25(29)38-24-20(26-14(3)30)22(36-17(6)33)21(35-16(5)32)19(37-24)12-34-15(4)31/h7-11,13,19-22,24H,12H2,1-6H3,(H,26,30)/t19-,20-,21-,22-,24+/m1/s1. The van der Waals surface area contributed by atoms with Crippen LogP contribution in [0, 0.1) is 0 Å². The summed E-state index contributed by atoms with van der Waals surface area (Å²) in [7, 11) is 0. The lowest BCUT2D eigenvalue weighted by atomic mass is 9.97. The Bertz CT molecular complexity index is 1160. The molecule has 1 aliphatic rings. The maximum Gasteiger partial charge on any atom is 0.303 e. The van der Waals surface area contributed by atoms with Gasteiger partial charge in [0.1, 0.15) is 24.2 Å². The van der Waals surface area contributed by atoms with Crippen molar-refractivity contribution in [3.05, 3.63) is 30.3 Å². The van der Waals surface area contributed by atoms with E-state index in [4.69, 9.17) is 18.9 Å². The van der Waals surface area contributed by atoms with Crippen molar-refractivity contribution in [3.63, 3.8) is 0 Å². The molecule has 2 heterocycles. The molecular formula is C25H32N4O8S. The van der Waals surface area contributed by atoms with E-state index in [-0.39, 0.29) is 12.6 Å². The third-order valence-corrected chi connectivity index (χ3v) is 6.63. The molecular weight excluding hydrogens is 516 g/mol. The minimum Gasteiger partial charge on any atom is -0.463 e. The molecule has 0 spiro atoms. The van der Waals surface area contributed by atoms with Crippen LogP contribution in [0.15, 0.2) is 35.5 Å². The van der Waals surface area contributed by atoms with Crippen molar-refractivity contribution in [2.45, 2.75) is 82.5 Å². The highest BCUT2D eigenvalue weighted by Gasteiger charge is 2.51. The maximum atomic E-state index is 12.2. The van der Waals surface area contributed by atoms with Gasteiger partial charge in [0.05, 0.1) is 0 Å². The molecule has 0 bridgehead atoms. The molecule has 1 fully saturated rings. The van der Waals surface area contributed by atoms with Gasteiger partial charge in [-0.1, -0.05) is 42.1 Å². The second-order valence-corrected chi connectivity index (χ2v) is 10.0. The Morgan fingerprint density at radius 1 is 0.974 bits per heavy atom. The van der Waals surface area contributed by atoms with Gasteiger partial charge in [0.2, 0.25) is 5.91 Å². The third kappa shape index (κ3) is 7.32. The molecule has 0 aliphatic carbocycles. The summed E-state index contributed by atoms with van der Waals surface area (Å²) >= 11 is 1.15. The molecule has 1 aromatic carbocycles. The molecule has 206 valence electrons. The molecule has 1 aromatic heterocycles. The highest BCUT2D eigenvalue weighted by Crippen LogP contribution is 2.37. The fraction of sp³-hybridized carbons (Fsp3) is 0.520. The number of hydrogen-bond acceptors (Lipinski definition) is 11. The zero-order valence-electron chi connectivity index (χ0n) is 22.1. The van der Waals surface area contributed by atoms with Crippen LogP contribution in [-0.2, 0) is 38.1 Å². The van der Waals surface area contributed by atoms with Crippen LogP contribution in [0.3, 0.4) is 0 Å². The lowest BCUT2D eigenvalue weighted by Crippen LogP contribution is -2.65. The van der Waals surface area contributed by atoms with Crippen LogP contribution in [-0.4, -0.2) is 75.0 Å². The van der Waals surface area contributed by atoms with Crippen LogP contribution < -0.4 is 5.32 Å². The smallest absolute Gasteiger partial charge is 0.303 e. The van der Waals surface area contributed by atoms with E-state index in [0.717, 1.165) is 17.3 Å². The van der Waals surface area contributed by atoms with Gasteiger partial charge in [0, 0.05) is 39.3 Å². The summed E-state index contributed by atoms with van der Waals surface area (Å²) in [6.07, 6.45) is -3.30. The van der Waals surface area contributed by atoms with E-state index in [2.05, 4.69) is 15.5 Å². The van der Waals surface area contributed by atoms with Crippen LogP contribution in [0.1, 0.15) is 47.6 Å². The zero-order chi connectivity index (χ0) is 28.0. The number of aromatic nitrogens is 3. The van der Waals surface area contributed by atoms with Gasteiger partial charge >= 0.3 is 17.9 Å². The van der Waals surface area contributed by atoms with Gasteiger partial charge in [-0.3, -0.25) is 23.7 Å². The van der Waals surface area contributed by atoms with Gasteiger partial charge in [-0.25, -0.2) is 0 Å². The molecule has 12 nitrogen and oxygen atoms in total. The Kier molecular flexibility index (Phi) is 9.86. The SMILES string of the molecule is CC(=O)N[C@@H]1[C@@H](OC(C)=O)[C@H](OC(C)=O)[C@@H](COC(C)=O)O[C@H]1Sc1nnc(-c2ccccc2)n1C(C)C. The lowest BCUT2D eigenvalue weighted by Gasteiger charge is -2.44. The molecule has 1 amide bonds. The van der Waals surface area contributed by atoms with Gasteiger partial charge in [-0.15, -0.1) is 10.2 Å². The Morgan fingerprint density at radius 3 is 2.16 bits per heavy atom. The summed E-state index contributed by atoms with van der Waals surface area (Å²) in [6, 6.07) is 8.56. The number of amides is 1. The molecule has 3 rings (SSSR count). The van der Waals surface area contributed by atoms with E-state index >= 15 is 0 Å². The number of benzene rings is 1. The molecule has 1 saturated heterocycles. The topological polar surface area (TPSA) is 148 Å². The van der Waals surface area contributed by atoms with E-state index in [1.54, 1.807) is 0 Å². The van der Waals surface area contributed by atoms with E-state index < -0.39 is 53.6 Å². The molecule has 2 aromatic rings. The maximum absolute atomic E-state index is 12.2. The molecule has 5 atom stereocenters. The third-order valence-electron chi connectivity index (χ3n) is 5.51. The van der Waals surface area contributed by atoms with Crippen LogP contribution in [0.5, 0.6) is 0 Å². The Balaban J connectivity index is 2.05. The van der Waals surface area contributed by atoms with Crippen LogP contribution in [0.4, 0.5) is 0 Å². The fourth-order valence-electron chi connectivity index (χ4n) is 4.10. The Labute approximate surface area is 224 Å². The van der Waals surface area contributed by atoms with E-state index in [1.165, 1.54) is 27.7 Å². The average Bonchev–Trinajstić information content (AvgIpc) is 3.25. The summed E-state index contributed by atoms with van der Waals surface area (Å²) in [5, 5.41) is 12.0. The largest absolute Gasteiger partial charge is 0.463 e. The molecule has 0 unspecified atom stereocenters. The highest BCUT2D eigenvalue weighted by molar-refractivity contribution is 7.99. The van der Waals surface area contributed by atoms with Gasteiger partial charge in [-0.05, 0) is 13.8 Å². The number of esters is 3. The van der Waals surface area contributed by atoms with Crippen LogP contribution in [0.25, 0.3) is 11.4 Å². The van der Waals surface area contributed by atoms with Crippen molar-refractivity contribution < 1.29 is 38.1 Å². The molecule has 0 radical (unpaired) electrons. The monoisotopic (exact) mass is 548 g/mol. The van der Waals surface area contributed by atoms with Gasteiger partial charge in [0.15, 0.2) is 23.2 Å². The van der Waals surface area contributed by atoms with Crippen molar-refractivity contribution in [1.82, 2.24) is 20.1 Å². The Morgan fingerprint density at radius 2 is 1.61 bits per heavy atom. The van der Waals surface area contributed by atoms with Crippen molar-refractivity contribution in [1.29, 1.82) is 0 Å². The fourth-order valence-corrected chi connectivity index (χ4v) is 5.38. The summed E-state index contributed by atoms with van der Waals surface area (Å²) in [6.45, 7) is 8.62. The first-order valence-electron chi connectivity index (χ1n) is 12.0. The first-order valence-corrected chi connectivity index (χ1v) is 12.9. The van der Waals surface area contributed by atoms with Gasteiger partial charge < -0.3 is 24.3 Å². The van der Waals surface area contributed by atoms with E-state index in [9.17, 15) is 19.2 Å². The molecule has 1 N–H and O–H groups in total. The zero-order valence-corrected chi connectivity index (χ0v) is 22.9. The minimum atomic E-state index is -1.16. The number of rotatable bonds is 9. The minimum absolute atomic E-state index is 0.0413. The van der Waals surface area contributed by atoms with Crippen LogP contribution in [0.2, 0.25) is 0 Å². The van der Waals surface area contributed by atoms with Crippen molar-refractivity contribution in [3.8, 4) is 11.4 Å². The van der Waals surface area contributed by atoms with E-state index in [0.29, 0.717) is 11.0 Å². The summed E-state index contributed by atoms with van der Waals surface area (Å²) < 4.78 is 24.4. The summed E-state index contributed by atoms with van der Waals surface area (Å²) in [5.41, 5.74) is -0.0232.